The Balaban J connectivity index is 1.23. The van der Waals surface area contributed by atoms with E-state index in [1.54, 1.807) is 92.5 Å². The lowest BCUT2D eigenvalue weighted by molar-refractivity contribution is -0.138. The number of carbonyl (C=O) groups is 3. The quantitative estimate of drug-likeness (QED) is 0.103. The maximum absolute atomic E-state index is 15.8. The minimum atomic E-state index is -3.91. The van der Waals surface area contributed by atoms with Crippen molar-refractivity contribution in [2.75, 3.05) is 25.1 Å². The van der Waals surface area contributed by atoms with Crippen molar-refractivity contribution in [1.82, 2.24) is 19.4 Å². The van der Waals surface area contributed by atoms with Gasteiger partial charge in [-0.25, -0.2) is 14.4 Å². The maximum Gasteiger partial charge on any atom is 0.362 e. The molecule has 2 amide bonds. The summed E-state index contributed by atoms with van der Waals surface area (Å²) in [6.07, 6.45) is 5.58. The van der Waals surface area contributed by atoms with Crippen LogP contribution in [0.5, 0.6) is 0 Å². The molecule has 53 heavy (non-hydrogen) atoms. The van der Waals surface area contributed by atoms with Gasteiger partial charge in [-0.3, -0.25) is 18.9 Å². The number of halogens is 2. The van der Waals surface area contributed by atoms with Crippen LogP contribution in [0.3, 0.4) is 0 Å². The van der Waals surface area contributed by atoms with E-state index < -0.39 is 25.4 Å². The second-order valence-electron chi connectivity index (χ2n) is 13.3. The lowest BCUT2D eigenvalue weighted by Gasteiger charge is -2.27. The van der Waals surface area contributed by atoms with E-state index in [4.69, 9.17) is 20.6 Å². The molecule has 0 bridgehead atoms. The third-order valence-corrected chi connectivity index (χ3v) is 12.3. The van der Waals surface area contributed by atoms with Gasteiger partial charge in [-0.2, -0.15) is 0 Å². The Labute approximate surface area is 311 Å². The van der Waals surface area contributed by atoms with Crippen molar-refractivity contribution in [3.8, 4) is 22.3 Å². The zero-order valence-corrected chi connectivity index (χ0v) is 31.3. The predicted octanol–water partition coefficient (Wildman–Crippen LogP) is 7.45. The number of anilines is 1. The van der Waals surface area contributed by atoms with Crippen LogP contribution in [0.15, 0.2) is 73.2 Å². The van der Waals surface area contributed by atoms with Gasteiger partial charge in [0.1, 0.15) is 18.4 Å². The Morgan fingerprint density at radius 2 is 1.70 bits per heavy atom. The van der Waals surface area contributed by atoms with Gasteiger partial charge in [-0.05, 0) is 70.2 Å². The van der Waals surface area contributed by atoms with Crippen LogP contribution < -0.4 is 10.6 Å². The maximum atomic E-state index is 15.8. The summed E-state index contributed by atoms with van der Waals surface area (Å²) in [6, 6.07) is 14.1. The van der Waals surface area contributed by atoms with Crippen LogP contribution in [0, 0.1) is 24.6 Å². The molecule has 2 aliphatic rings. The van der Waals surface area contributed by atoms with Crippen LogP contribution in [-0.4, -0.2) is 62.8 Å². The molecule has 0 radical (unpaired) electrons. The van der Waals surface area contributed by atoms with E-state index in [2.05, 4.69) is 15.3 Å². The topological polar surface area (TPSA) is 133 Å². The summed E-state index contributed by atoms with van der Waals surface area (Å²) >= 11 is 6.34. The van der Waals surface area contributed by atoms with E-state index >= 15 is 4.39 Å². The van der Waals surface area contributed by atoms with E-state index in [1.807, 2.05) is 0 Å². The first-order chi connectivity index (χ1) is 25.4. The number of carbonyl (C=O) groups excluding carboxylic acids is 3. The third-order valence-electron chi connectivity index (χ3n) is 9.83. The van der Waals surface area contributed by atoms with Gasteiger partial charge in [0, 0.05) is 63.4 Å². The van der Waals surface area contributed by atoms with Gasteiger partial charge in [-0.15, -0.1) is 0 Å². The summed E-state index contributed by atoms with van der Waals surface area (Å²) < 4.78 is 43.3. The minimum Gasteiger partial charge on any atom is -0.337 e. The van der Waals surface area contributed by atoms with Crippen LogP contribution in [0.2, 0.25) is 5.02 Å². The molecule has 3 aromatic carbocycles. The average Bonchev–Trinajstić information content (AvgIpc) is 3.64. The molecule has 3 atom stereocenters. The normalized spacial score (nSPS) is 17.9. The zero-order chi connectivity index (χ0) is 37.6. The summed E-state index contributed by atoms with van der Waals surface area (Å²) in [4.78, 5) is 51.2. The highest BCUT2D eigenvalue weighted by Gasteiger charge is 2.56. The van der Waals surface area contributed by atoms with Crippen molar-refractivity contribution >= 4 is 58.7 Å². The Morgan fingerprint density at radius 3 is 2.38 bits per heavy atom. The molecule has 1 saturated heterocycles. The largest absolute Gasteiger partial charge is 0.362 e. The minimum absolute atomic E-state index is 0.0123. The molecule has 0 spiro atoms. The van der Waals surface area contributed by atoms with Gasteiger partial charge in [0.2, 0.25) is 11.8 Å². The number of ketones is 1. The summed E-state index contributed by atoms with van der Waals surface area (Å²) in [5.74, 6) is -1.07. The van der Waals surface area contributed by atoms with Crippen molar-refractivity contribution in [3.63, 3.8) is 0 Å². The average molecular weight is 758 g/mol. The number of nitrogens with one attached hydrogen (secondary N) is 1. The number of piperidine rings is 1. The molecular formula is C39H38ClFN5O6P. The number of likely N-dealkylation sites (tertiary alicyclic amines) is 1. The van der Waals surface area contributed by atoms with E-state index in [0.29, 0.717) is 50.5 Å². The van der Waals surface area contributed by atoms with Crippen molar-refractivity contribution in [3.05, 3.63) is 95.4 Å². The Bertz CT molecular complexity index is 2300. The van der Waals surface area contributed by atoms with Crippen molar-refractivity contribution in [2.24, 2.45) is 11.8 Å². The fraction of sp³-hybridized carbons (Fsp3) is 0.308. The molecule has 1 aliphatic carbocycles. The van der Waals surface area contributed by atoms with Gasteiger partial charge < -0.3 is 23.8 Å². The lowest BCUT2D eigenvalue weighted by atomic mass is 10.0. The fourth-order valence-electron chi connectivity index (χ4n) is 7.26. The van der Waals surface area contributed by atoms with E-state index in [1.165, 1.54) is 17.9 Å². The summed E-state index contributed by atoms with van der Waals surface area (Å²) in [7, 11) is -3.91. The number of hydrogen-bond acceptors (Lipinski definition) is 8. The highest BCUT2D eigenvalue weighted by molar-refractivity contribution is 7.62. The number of aromatic nitrogens is 3. The van der Waals surface area contributed by atoms with Gasteiger partial charge >= 0.3 is 7.60 Å². The fourth-order valence-corrected chi connectivity index (χ4v) is 9.30. The molecular weight excluding hydrogens is 720 g/mol. The van der Waals surface area contributed by atoms with Crippen molar-refractivity contribution < 1.29 is 32.4 Å². The molecule has 7 rings (SSSR count). The van der Waals surface area contributed by atoms with Gasteiger partial charge in [-0.1, -0.05) is 41.9 Å². The molecule has 11 nitrogen and oxygen atoms in total. The first-order valence-electron chi connectivity index (χ1n) is 17.4. The number of Topliss-reactive ketones (excluding diaryl/α,β-unsaturated/α-hetero) is 1. The summed E-state index contributed by atoms with van der Waals surface area (Å²) in [5, 5.41) is 3.88. The molecule has 0 unspecified atom stereocenters. The monoisotopic (exact) mass is 757 g/mol. The van der Waals surface area contributed by atoms with Crippen LogP contribution in [0.1, 0.15) is 43.4 Å². The Morgan fingerprint density at radius 1 is 1.00 bits per heavy atom. The third kappa shape index (κ3) is 6.92. The summed E-state index contributed by atoms with van der Waals surface area (Å²) in [6.45, 7) is 6.97. The van der Waals surface area contributed by atoms with E-state index in [9.17, 15) is 18.9 Å². The van der Waals surface area contributed by atoms with Gasteiger partial charge in [0.15, 0.2) is 11.6 Å². The van der Waals surface area contributed by atoms with Gasteiger partial charge in [0.05, 0.1) is 29.7 Å². The number of aryl methyl sites for hydroxylation is 1. The first kappa shape index (κ1) is 36.6. The second kappa shape index (κ2) is 14.6. The SMILES string of the molecule is CCOP(=O)(OCC)c1cc2c(cc1-c1cnc(C)nc1)c(C(C)=O)cn2CC(=O)N1C[C@@H]2C[C@@H]2[C@H]1C(=O)Nc1cccc(-c2ccccc2Cl)c1F. The number of rotatable bonds is 12. The van der Waals surface area contributed by atoms with Crippen LogP contribution in [0.25, 0.3) is 33.2 Å². The molecule has 3 heterocycles. The molecule has 5 aromatic rings. The number of fused-ring (bicyclic) bond motifs is 2. The van der Waals surface area contributed by atoms with Crippen molar-refractivity contribution in [2.45, 2.75) is 46.7 Å². The zero-order valence-electron chi connectivity index (χ0n) is 29.6. The van der Waals surface area contributed by atoms with Gasteiger partial charge in [0.25, 0.3) is 0 Å². The van der Waals surface area contributed by atoms with Crippen molar-refractivity contribution in [1.29, 1.82) is 0 Å². The molecule has 1 saturated carbocycles. The Kier molecular flexibility index (Phi) is 10.1. The molecule has 274 valence electrons. The lowest BCUT2D eigenvalue weighted by Crippen LogP contribution is -2.47. The molecule has 1 aliphatic heterocycles. The number of nitrogens with zero attached hydrogens (tertiary/aromatic N) is 4. The molecule has 2 fully saturated rings. The predicted molar refractivity (Wildman–Crippen MR) is 201 cm³/mol. The number of benzene rings is 3. The number of amides is 2. The van der Waals surface area contributed by atoms with E-state index in [0.717, 1.165) is 6.42 Å². The van der Waals surface area contributed by atoms with E-state index in [-0.39, 0.29) is 59.8 Å². The second-order valence-corrected chi connectivity index (χ2v) is 15.7. The molecule has 14 heteroatoms. The standard InChI is InChI=1S/C39H38ClFN5O6P/c1-5-51-53(50,52-6-2)35-16-34-30(15-28(35)25-17-42-23(4)43-18-25)31(22(3)47)20-45(34)21-36(48)46-19-24-14-29(24)38(46)39(49)44-33-13-9-11-27(37(33)41)26-10-7-8-12-32(26)40/h7-13,15-18,20,24,29,38H,5-6,14,19,21H2,1-4H3,(H,44,49)/t24-,29-,38-/m0/s1. The highest BCUT2D eigenvalue weighted by atomic mass is 35.5. The highest BCUT2D eigenvalue weighted by Crippen LogP contribution is 2.51. The van der Waals surface area contributed by atoms with Crippen LogP contribution in [-0.2, 0) is 29.7 Å². The molecule has 1 N–H and O–H groups in total. The van der Waals surface area contributed by atoms with Crippen LogP contribution >= 0.6 is 19.2 Å². The first-order valence-corrected chi connectivity index (χ1v) is 19.4. The van der Waals surface area contributed by atoms with Crippen LogP contribution in [0.4, 0.5) is 10.1 Å². The smallest absolute Gasteiger partial charge is 0.337 e. The summed E-state index contributed by atoms with van der Waals surface area (Å²) in [5.41, 5.74) is 2.55. The number of hydrogen-bond donors (Lipinski definition) is 1. The molecule has 2 aromatic heterocycles. The Hall–Kier alpha value is -4.74.